The maximum atomic E-state index is 4.55. The molecular formula is C12H18BrN3. The zero-order valence-electron chi connectivity index (χ0n) is 10.1. The maximum Gasteiger partial charge on any atom is 0.150 e. The Bertz CT molecular complexity index is 375. The Kier molecular flexibility index (Phi) is 3.47. The van der Waals surface area contributed by atoms with Crippen LogP contribution >= 0.6 is 15.9 Å². The van der Waals surface area contributed by atoms with E-state index >= 15 is 0 Å². The summed E-state index contributed by atoms with van der Waals surface area (Å²) >= 11 is 3.63. The molecule has 2 rings (SSSR count). The topological polar surface area (TPSA) is 29.0 Å². The van der Waals surface area contributed by atoms with Gasteiger partial charge in [-0.15, -0.1) is 0 Å². The van der Waals surface area contributed by atoms with Crippen LogP contribution in [0.5, 0.6) is 0 Å². The smallest absolute Gasteiger partial charge is 0.150 e. The average molecular weight is 284 g/mol. The van der Waals surface area contributed by atoms with E-state index in [9.17, 15) is 0 Å². The molecule has 0 atom stereocenters. The van der Waals surface area contributed by atoms with Crippen molar-refractivity contribution in [1.29, 1.82) is 0 Å². The van der Waals surface area contributed by atoms with Crippen LogP contribution < -0.4 is 4.90 Å². The molecule has 16 heavy (non-hydrogen) atoms. The minimum atomic E-state index is 0.732. The number of anilines is 1. The van der Waals surface area contributed by atoms with Crippen molar-refractivity contribution in [1.82, 2.24) is 9.97 Å². The number of aryl methyl sites for hydroxylation is 2. The Morgan fingerprint density at radius 1 is 1.44 bits per heavy atom. The van der Waals surface area contributed by atoms with Crippen LogP contribution in [0.1, 0.15) is 24.2 Å². The molecule has 0 spiro atoms. The fourth-order valence-corrected chi connectivity index (χ4v) is 3.22. The van der Waals surface area contributed by atoms with Crippen molar-refractivity contribution in [2.75, 3.05) is 18.5 Å². The third kappa shape index (κ3) is 2.54. The third-order valence-corrected chi connectivity index (χ3v) is 3.87. The Morgan fingerprint density at radius 3 is 2.75 bits per heavy atom. The van der Waals surface area contributed by atoms with Crippen LogP contribution in [0, 0.1) is 19.8 Å². The van der Waals surface area contributed by atoms with Gasteiger partial charge in [0, 0.05) is 24.6 Å². The van der Waals surface area contributed by atoms with Crippen molar-refractivity contribution < 1.29 is 0 Å². The summed E-state index contributed by atoms with van der Waals surface area (Å²) in [6.45, 7) is 5.09. The third-order valence-electron chi connectivity index (χ3n) is 3.12. The Hall–Kier alpha value is -0.640. The molecule has 1 aromatic heterocycles. The predicted octanol–water partition coefficient (Wildman–Crippen LogP) is 2.70. The first-order chi connectivity index (χ1) is 7.56. The van der Waals surface area contributed by atoms with Crippen molar-refractivity contribution in [2.45, 2.75) is 31.5 Å². The first-order valence-corrected chi connectivity index (χ1v) is 6.63. The molecule has 0 radical (unpaired) electrons. The summed E-state index contributed by atoms with van der Waals surface area (Å²) in [4.78, 5) is 11.9. The largest absolute Gasteiger partial charge is 0.358 e. The van der Waals surface area contributed by atoms with Gasteiger partial charge in [0.2, 0.25) is 0 Å². The molecule has 4 heteroatoms. The molecule has 0 amide bonds. The first kappa shape index (κ1) is 11.8. The summed E-state index contributed by atoms with van der Waals surface area (Å²) < 4.78 is 0. The highest BCUT2D eigenvalue weighted by Crippen LogP contribution is 2.34. The maximum absolute atomic E-state index is 4.55. The minimum Gasteiger partial charge on any atom is -0.358 e. The van der Waals surface area contributed by atoms with Crippen LogP contribution in [0.4, 0.5) is 5.82 Å². The fraction of sp³-hybridized carbons (Fsp3) is 0.667. The highest BCUT2D eigenvalue weighted by atomic mass is 79.9. The van der Waals surface area contributed by atoms with Crippen molar-refractivity contribution in [3.05, 3.63) is 17.6 Å². The van der Waals surface area contributed by atoms with E-state index in [-0.39, 0.29) is 0 Å². The Balaban J connectivity index is 2.02. The molecule has 1 aromatic rings. The molecule has 1 heterocycles. The Morgan fingerprint density at radius 2 is 2.12 bits per heavy atom. The van der Waals surface area contributed by atoms with E-state index in [4.69, 9.17) is 0 Å². The van der Waals surface area contributed by atoms with E-state index in [1.807, 2.05) is 20.0 Å². The van der Waals surface area contributed by atoms with E-state index in [0.717, 1.165) is 34.5 Å². The molecular weight excluding hydrogens is 266 g/mol. The molecule has 1 aliphatic rings. The van der Waals surface area contributed by atoms with Gasteiger partial charge in [-0.2, -0.15) is 0 Å². The molecule has 88 valence electrons. The molecule has 0 bridgehead atoms. The van der Waals surface area contributed by atoms with Crippen LogP contribution in [-0.4, -0.2) is 28.4 Å². The van der Waals surface area contributed by atoms with Gasteiger partial charge in [-0.05, 0) is 32.6 Å². The van der Waals surface area contributed by atoms with Gasteiger partial charge in [0.05, 0.1) is 11.4 Å². The lowest BCUT2D eigenvalue weighted by Gasteiger charge is -2.35. The van der Waals surface area contributed by atoms with E-state index in [0.29, 0.717) is 0 Å². The van der Waals surface area contributed by atoms with Crippen molar-refractivity contribution in [3.8, 4) is 0 Å². The first-order valence-electron chi connectivity index (χ1n) is 5.71. The SMILES string of the molecule is Cc1cnc(C)c(N(C)CC2CC(Br)C2)n1. The lowest BCUT2D eigenvalue weighted by atomic mass is 9.85. The fourth-order valence-electron chi connectivity index (χ4n) is 2.16. The van der Waals surface area contributed by atoms with Crippen molar-refractivity contribution in [3.63, 3.8) is 0 Å². The summed E-state index contributed by atoms with van der Waals surface area (Å²) in [6.07, 6.45) is 4.38. The van der Waals surface area contributed by atoms with Gasteiger partial charge in [0.1, 0.15) is 5.82 Å². The number of halogens is 1. The van der Waals surface area contributed by atoms with Crippen molar-refractivity contribution >= 4 is 21.7 Å². The highest BCUT2D eigenvalue weighted by molar-refractivity contribution is 9.09. The minimum absolute atomic E-state index is 0.732. The van der Waals surface area contributed by atoms with Gasteiger partial charge < -0.3 is 4.90 Å². The van der Waals surface area contributed by atoms with Gasteiger partial charge in [-0.3, -0.25) is 4.98 Å². The molecule has 0 N–H and O–H groups in total. The quantitative estimate of drug-likeness (QED) is 0.799. The summed E-state index contributed by atoms with van der Waals surface area (Å²) in [5, 5.41) is 0. The van der Waals surface area contributed by atoms with Gasteiger partial charge in [-0.1, -0.05) is 15.9 Å². The Labute approximate surface area is 105 Å². The van der Waals surface area contributed by atoms with E-state index in [2.05, 4.69) is 37.8 Å². The number of hydrogen-bond acceptors (Lipinski definition) is 3. The zero-order valence-corrected chi connectivity index (χ0v) is 11.7. The zero-order chi connectivity index (χ0) is 11.7. The summed E-state index contributed by atoms with van der Waals surface area (Å²) in [5.74, 6) is 1.83. The number of aromatic nitrogens is 2. The predicted molar refractivity (Wildman–Crippen MR) is 70.2 cm³/mol. The lowest BCUT2D eigenvalue weighted by molar-refractivity contribution is 0.338. The average Bonchev–Trinajstić information content (AvgIpc) is 2.19. The second-order valence-corrected chi connectivity index (χ2v) is 6.03. The highest BCUT2D eigenvalue weighted by Gasteiger charge is 2.28. The van der Waals surface area contributed by atoms with Gasteiger partial charge >= 0.3 is 0 Å². The number of rotatable bonds is 3. The number of alkyl halides is 1. The molecule has 3 nitrogen and oxygen atoms in total. The van der Waals surface area contributed by atoms with Crippen LogP contribution in [0.2, 0.25) is 0 Å². The lowest BCUT2D eigenvalue weighted by Crippen LogP contribution is -2.35. The molecule has 1 aliphatic carbocycles. The second kappa shape index (κ2) is 4.70. The molecule has 1 saturated carbocycles. The molecule has 0 saturated heterocycles. The molecule has 1 fully saturated rings. The van der Waals surface area contributed by atoms with Crippen LogP contribution in [-0.2, 0) is 0 Å². The normalized spacial score (nSPS) is 24.0. The van der Waals surface area contributed by atoms with E-state index in [1.165, 1.54) is 12.8 Å². The summed E-state index contributed by atoms with van der Waals surface area (Å²) in [6, 6.07) is 0. The van der Waals surface area contributed by atoms with E-state index in [1.54, 1.807) is 0 Å². The van der Waals surface area contributed by atoms with Gasteiger partial charge in [0.15, 0.2) is 0 Å². The van der Waals surface area contributed by atoms with Gasteiger partial charge in [0.25, 0.3) is 0 Å². The standard InChI is InChI=1S/C12H18BrN3/c1-8-6-14-9(2)12(15-8)16(3)7-10-4-11(13)5-10/h6,10-11H,4-5,7H2,1-3H3. The summed E-state index contributed by atoms with van der Waals surface area (Å²) in [5.41, 5.74) is 2.00. The molecule has 0 aliphatic heterocycles. The van der Waals surface area contributed by atoms with Crippen LogP contribution in [0.25, 0.3) is 0 Å². The van der Waals surface area contributed by atoms with Crippen LogP contribution in [0.3, 0.4) is 0 Å². The summed E-state index contributed by atoms with van der Waals surface area (Å²) in [7, 11) is 2.11. The van der Waals surface area contributed by atoms with E-state index < -0.39 is 0 Å². The molecule has 0 unspecified atom stereocenters. The monoisotopic (exact) mass is 283 g/mol. The van der Waals surface area contributed by atoms with Crippen molar-refractivity contribution in [2.24, 2.45) is 5.92 Å². The molecule has 0 aromatic carbocycles. The van der Waals surface area contributed by atoms with Gasteiger partial charge in [-0.25, -0.2) is 4.98 Å². The number of nitrogens with zero attached hydrogens (tertiary/aromatic N) is 3. The second-order valence-electron chi connectivity index (χ2n) is 4.74. The van der Waals surface area contributed by atoms with Crippen LogP contribution in [0.15, 0.2) is 6.20 Å². The number of hydrogen-bond donors (Lipinski definition) is 0.